The predicted octanol–water partition coefficient (Wildman–Crippen LogP) is 6.67. The van der Waals surface area contributed by atoms with Gasteiger partial charge in [-0.15, -0.1) is 0 Å². The highest BCUT2D eigenvalue weighted by molar-refractivity contribution is 7.86. The molecule has 0 aromatic rings. The zero-order valence-electron chi connectivity index (χ0n) is 18.0. The Morgan fingerprint density at radius 1 is 0.593 bits per heavy atom. The molecule has 0 amide bonds. The molecule has 0 aliphatic rings. The maximum Gasteiger partial charge on any atom is 0.270 e. The summed E-state index contributed by atoms with van der Waals surface area (Å²) in [6, 6.07) is 0. The van der Waals surface area contributed by atoms with E-state index >= 15 is 0 Å². The first-order chi connectivity index (χ1) is 12.9. The molecular weight excluding hydrogens is 360 g/mol. The molecule has 0 heterocycles. The summed E-state index contributed by atoms with van der Waals surface area (Å²) in [5.74, 6) is 0. The molecule has 0 aliphatic carbocycles. The van der Waals surface area contributed by atoms with E-state index in [2.05, 4.69) is 6.92 Å². The molecule has 4 nitrogen and oxygen atoms in total. The van der Waals surface area contributed by atoms with Crippen LogP contribution in [0.4, 0.5) is 0 Å². The molecular formula is C22H46O4S. The summed E-state index contributed by atoms with van der Waals surface area (Å²) in [6.45, 7) is 4.23. The van der Waals surface area contributed by atoms with E-state index in [1.807, 2.05) is 6.92 Å². The first-order valence-electron chi connectivity index (χ1n) is 11.6. The normalized spacial score (nSPS) is 14.4. The van der Waals surface area contributed by atoms with E-state index in [1.165, 1.54) is 70.6 Å². The summed E-state index contributed by atoms with van der Waals surface area (Å²) in [4.78, 5) is 0. The van der Waals surface area contributed by atoms with Gasteiger partial charge in [0, 0.05) is 0 Å². The molecule has 0 saturated heterocycles. The second-order valence-electron chi connectivity index (χ2n) is 8.15. The molecule has 0 aromatic heterocycles. The molecule has 0 aliphatic heterocycles. The van der Waals surface area contributed by atoms with Crippen LogP contribution in [-0.2, 0) is 10.1 Å². The molecule has 0 rings (SSSR count). The lowest BCUT2D eigenvalue weighted by molar-refractivity contribution is 0.146. The van der Waals surface area contributed by atoms with Gasteiger partial charge in [-0.2, -0.15) is 8.42 Å². The topological polar surface area (TPSA) is 74.6 Å². The monoisotopic (exact) mass is 406 g/mol. The number of hydrogen-bond donors (Lipinski definition) is 2. The molecule has 27 heavy (non-hydrogen) atoms. The van der Waals surface area contributed by atoms with Gasteiger partial charge in [0.2, 0.25) is 0 Å². The molecule has 2 atom stereocenters. The SMILES string of the molecule is CCCCCCCCCCCCCCCCC(O)C(CCCC)S(=O)(=O)O. The number of unbranched alkanes of at least 4 members (excludes halogenated alkanes) is 14. The number of aliphatic hydroxyl groups is 1. The standard InChI is InChI=1S/C22H46O4S/c1-3-5-7-8-9-10-11-12-13-14-15-16-17-18-19-21(23)22(20-6-4-2)27(24,25)26/h21-23H,3-20H2,1-2H3,(H,24,25,26). The van der Waals surface area contributed by atoms with Crippen LogP contribution in [0.5, 0.6) is 0 Å². The Kier molecular flexibility index (Phi) is 17.8. The van der Waals surface area contributed by atoms with Gasteiger partial charge in [0.1, 0.15) is 5.25 Å². The first-order valence-corrected chi connectivity index (χ1v) is 13.1. The maximum absolute atomic E-state index is 11.4. The molecule has 2 unspecified atom stereocenters. The van der Waals surface area contributed by atoms with Crippen molar-refractivity contribution in [3.63, 3.8) is 0 Å². The number of aliphatic hydroxyl groups excluding tert-OH is 1. The van der Waals surface area contributed by atoms with Gasteiger partial charge in [0.05, 0.1) is 6.10 Å². The van der Waals surface area contributed by atoms with Gasteiger partial charge in [-0.05, 0) is 12.8 Å². The lowest BCUT2D eigenvalue weighted by atomic mass is 10.0. The van der Waals surface area contributed by atoms with E-state index in [1.54, 1.807) is 0 Å². The molecule has 0 saturated carbocycles. The molecule has 0 aromatic carbocycles. The molecule has 164 valence electrons. The third-order valence-corrected chi connectivity index (χ3v) is 6.82. The second-order valence-corrected chi connectivity index (χ2v) is 9.78. The van der Waals surface area contributed by atoms with E-state index in [-0.39, 0.29) is 0 Å². The van der Waals surface area contributed by atoms with Gasteiger partial charge in [-0.25, -0.2) is 0 Å². The van der Waals surface area contributed by atoms with Gasteiger partial charge in [0.15, 0.2) is 0 Å². The van der Waals surface area contributed by atoms with Crippen molar-refractivity contribution in [2.45, 2.75) is 141 Å². The largest absolute Gasteiger partial charge is 0.392 e. The highest BCUT2D eigenvalue weighted by atomic mass is 32.2. The summed E-state index contributed by atoms with van der Waals surface area (Å²) in [5, 5.41) is 9.11. The number of hydrogen-bond acceptors (Lipinski definition) is 3. The van der Waals surface area contributed by atoms with Crippen LogP contribution in [0.2, 0.25) is 0 Å². The van der Waals surface area contributed by atoms with Gasteiger partial charge in [-0.3, -0.25) is 4.55 Å². The molecule has 0 spiro atoms. The predicted molar refractivity (Wildman–Crippen MR) is 116 cm³/mol. The average Bonchev–Trinajstić information content (AvgIpc) is 2.61. The van der Waals surface area contributed by atoms with Gasteiger partial charge >= 0.3 is 0 Å². The fourth-order valence-electron chi connectivity index (χ4n) is 3.68. The van der Waals surface area contributed by atoms with E-state index < -0.39 is 21.5 Å². The lowest BCUT2D eigenvalue weighted by Crippen LogP contribution is -2.33. The lowest BCUT2D eigenvalue weighted by Gasteiger charge is -2.20. The van der Waals surface area contributed by atoms with E-state index in [0.717, 1.165) is 25.7 Å². The van der Waals surface area contributed by atoms with Crippen molar-refractivity contribution in [3.05, 3.63) is 0 Å². The summed E-state index contributed by atoms with van der Waals surface area (Å²) < 4.78 is 32.1. The summed E-state index contributed by atoms with van der Waals surface area (Å²) in [5.41, 5.74) is 0. The highest BCUT2D eigenvalue weighted by Crippen LogP contribution is 2.19. The summed E-state index contributed by atoms with van der Waals surface area (Å²) >= 11 is 0. The summed E-state index contributed by atoms with van der Waals surface area (Å²) in [7, 11) is -4.16. The average molecular weight is 407 g/mol. The Morgan fingerprint density at radius 2 is 0.963 bits per heavy atom. The van der Waals surface area contributed by atoms with Gasteiger partial charge in [0.25, 0.3) is 10.1 Å². The smallest absolute Gasteiger partial charge is 0.270 e. The molecule has 0 radical (unpaired) electrons. The Hall–Kier alpha value is -0.130. The van der Waals surface area contributed by atoms with Crippen molar-refractivity contribution in [2.75, 3.05) is 0 Å². The van der Waals surface area contributed by atoms with Crippen LogP contribution in [0, 0.1) is 0 Å². The zero-order chi connectivity index (χ0) is 20.4. The van der Waals surface area contributed by atoms with E-state index in [0.29, 0.717) is 19.3 Å². The van der Waals surface area contributed by atoms with Crippen LogP contribution in [0.15, 0.2) is 0 Å². The van der Waals surface area contributed by atoms with Crippen molar-refractivity contribution in [2.24, 2.45) is 0 Å². The van der Waals surface area contributed by atoms with Crippen molar-refractivity contribution >= 4 is 10.1 Å². The Morgan fingerprint density at radius 3 is 1.33 bits per heavy atom. The third kappa shape index (κ3) is 16.5. The fourth-order valence-corrected chi connectivity index (χ4v) is 4.68. The fraction of sp³-hybridized carbons (Fsp3) is 1.00. The minimum atomic E-state index is -4.16. The molecule has 2 N–H and O–H groups in total. The molecule has 0 fully saturated rings. The quantitative estimate of drug-likeness (QED) is 0.175. The van der Waals surface area contributed by atoms with E-state index in [4.69, 9.17) is 0 Å². The van der Waals surface area contributed by atoms with Crippen molar-refractivity contribution in [1.29, 1.82) is 0 Å². The van der Waals surface area contributed by atoms with Crippen LogP contribution in [0.3, 0.4) is 0 Å². The van der Waals surface area contributed by atoms with Crippen LogP contribution in [0.1, 0.15) is 129 Å². The highest BCUT2D eigenvalue weighted by Gasteiger charge is 2.29. The zero-order valence-corrected chi connectivity index (χ0v) is 18.8. The number of rotatable bonds is 20. The van der Waals surface area contributed by atoms with Crippen LogP contribution < -0.4 is 0 Å². The second kappa shape index (κ2) is 17.9. The minimum absolute atomic E-state index is 0.342. The van der Waals surface area contributed by atoms with Crippen LogP contribution >= 0.6 is 0 Å². The Balaban J connectivity index is 3.54. The third-order valence-electron chi connectivity index (χ3n) is 5.51. The van der Waals surface area contributed by atoms with Crippen molar-refractivity contribution in [3.8, 4) is 0 Å². The molecule has 0 bridgehead atoms. The van der Waals surface area contributed by atoms with Gasteiger partial charge < -0.3 is 5.11 Å². The van der Waals surface area contributed by atoms with Gasteiger partial charge in [-0.1, -0.05) is 117 Å². The first kappa shape index (κ1) is 26.9. The Labute approximate surface area is 169 Å². The van der Waals surface area contributed by atoms with Crippen molar-refractivity contribution < 1.29 is 18.1 Å². The van der Waals surface area contributed by atoms with Crippen LogP contribution in [0.25, 0.3) is 0 Å². The van der Waals surface area contributed by atoms with E-state index in [9.17, 15) is 18.1 Å². The van der Waals surface area contributed by atoms with Crippen molar-refractivity contribution in [1.82, 2.24) is 0 Å². The summed E-state index contributed by atoms with van der Waals surface area (Å²) in [6.07, 6.45) is 19.3. The molecule has 5 heteroatoms. The Bertz CT molecular complexity index is 409. The minimum Gasteiger partial charge on any atom is -0.392 e. The van der Waals surface area contributed by atoms with Crippen LogP contribution in [-0.4, -0.2) is 29.4 Å². The maximum atomic E-state index is 11.4.